The molecule has 0 aliphatic carbocycles. The van der Waals surface area contributed by atoms with Gasteiger partial charge in [0.1, 0.15) is 11.5 Å². The molecule has 6 rings (SSSR count). The summed E-state index contributed by atoms with van der Waals surface area (Å²) in [5, 5.41) is 1.34. The summed E-state index contributed by atoms with van der Waals surface area (Å²) >= 11 is 0. The van der Waals surface area contributed by atoms with E-state index in [-0.39, 0.29) is 0 Å². The van der Waals surface area contributed by atoms with Crippen LogP contribution in [0.15, 0.2) is 146 Å². The van der Waals surface area contributed by atoms with Gasteiger partial charge in [-0.1, -0.05) is 109 Å². The van der Waals surface area contributed by atoms with E-state index in [0.29, 0.717) is 28.0 Å². The smallest absolute Gasteiger partial charge is 0.343 e. The van der Waals surface area contributed by atoms with E-state index in [0.717, 1.165) is 27.6 Å². The van der Waals surface area contributed by atoms with Gasteiger partial charge in [-0.25, -0.2) is 9.59 Å². The summed E-state index contributed by atoms with van der Waals surface area (Å²) in [6.07, 6.45) is 0. The van der Waals surface area contributed by atoms with Crippen LogP contribution in [0.2, 0.25) is 0 Å². The lowest BCUT2D eigenvalue weighted by atomic mass is 10.0. The van der Waals surface area contributed by atoms with E-state index in [1.807, 2.05) is 97.1 Å². The highest BCUT2D eigenvalue weighted by Gasteiger charge is 2.17. The number of hydrogen-bond acceptors (Lipinski definition) is 4. The van der Waals surface area contributed by atoms with Crippen LogP contribution in [0, 0.1) is 0 Å². The fraction of sp³-hybridized carbons (Fsp3) is 0. The fourth-order valence-corrected chi connectivity index (χ4v) is 4.62. The lowest BCUT2D eigenvalue weighted by Gasteiger charge is -2.13. The molecule has 0 aromatic heterocycles. The van der Waals surface area contributed by atoms with Gasteiger partial charge in [0.15, 0.2) is 0 Å². The van der Waals surface area contributed by atoms with Crippen molar-refractivity contribution in [3.05, 3.63) is 157 Å². The first-order chi connectivity index (χ1) is 19.7. The van der Waals surface area contributed by atoms with Crippen molar-refractivity contribution in [2.45, 2.75) is 0 Å². The van der Waals surface area contributed by atoms with Crippen LogP contribution in [-0.2, 0) is 0 Å². The maximum atomic E-state index is 13.1. The average molecular weight is 521 g/mol. The van der Waals surface area contributed by atoms with Gasteiger partial charge in [0.25, 0.3) is 0 Å². The predicted octanol–water partition coefficient (Wildman–Crippen LogP) is 8.61. The van der Waals surface area contributed by atoms with Crippen molar-refractivity contribution in [1.29, 1.82) is 0 Å². The molecule has 0 bridgehead atoms. The molecular weight excluding hydrogens is 496 g/mol. The Balaban J connectivity index is 1.24. The largest absolute Gasteiger partial charge is 0.422 e. The quantitative estimate of drug-likeness (QED) is 0.163. The SMILES string of the molecule is O=C(Oc1cccc2cccc(OC(=O)c3ccc(-c4ccccc4)cc3)c12)c1ccc(-c2ccccc2)cc1. The van der Waals surface area contributed by atoms with Gasteiger partial charge < -0.3 is 9.47 Å². The molecule has 0 atom stereocenters. The molecule has 6 aromatic carbocycles. The molecule has 4 nitrogen and oxygen atoms in total. The number of hydrogen-bond donors (Lipinski definition) is 0. The Hall–Kier alpha value is -5.48. The van der Waals surface area contributed by atoms with Gasteiger partial charge in [-0.3, -0.25) is 0 Å². The summed E-state index contributed by atoms with van der Waals surface area (Å²) in [6, 6.07) is 45.2. The van der Waals surface area contributed by atoms with Gasteiger partial charge in [-0.2, -0.15) is 0 Å². The van der Waals surface area contributed by atoms with E-state index in [9.17, 15) is 9.59 Å². The predicted molar refractivity (Wildman–Crippen MR) is 158 cm³/mol. The molecular formula is C36H24O4. The molecule has 40 heavy (non-hydrogen) atoms. The summed E-state index contributed by atoms with van der Waals surface area (Å²) in [6.45, 7) is 0. The second-order valence-electron chi connectivity index (χ2n) is 9.28. The highest BCUT2D eigenvalue weighted by molar-refractivity contribution is 6.00. The van der Waals surface area contributed by atoms with E-state index in [2.05, 4.69) is 0 Å². The Morgan fingerprint density at radius 3 is 1.15 bits per heavy atom. The highest BCUT2D eigenvalue weighted by Crippen LogP contribution is 2.35. The Morgan fingerprint density at radius 1 is 0.375 bits per heavy atom. The van der Waals surface area contributed by atoms with Crippen LogP contribution in [0.1, 0.15) is 20.7 Å². The molecule has 0 aliphatic heterocycles. The Labute approximate surface area is 232 Å². The van der Waals surface area contributed by atoms with Crippen molar-refractivity contribution in [2.24, 2.45) is 0 Å². The molecule has 0 fully saturated rings. The van der Waals surface area contributed by atoms with Crippen molar-refractivity contribution in [3.63, 3.8) is 0 Å². The number of benzene rings is 6. The van der Waals surface area contributed by atoms with Gasteiger partial charge in [0.05, 0.1) is 16.5 Å². The van der Waals surface area contributed by atoms with Gasteiger partial charge in [0, 0.05) is 0 Å². The van der Waals surface area contributed by atoms with E-state index in [1.54, 1.807) is 48.5 Å². The number of esters is 2. The molecule has 0 saturated heterocycles. The topological polar surface area (TPSA) is 52.6 Å². The summed E-state index contributed by atoms with van der Waals surface area (Å²) in [4.78, 5) is 26.2. The molecule has 0 N–H and O–H groups in total. The van der Waals surface area contributed by atoms with Crippen LogP contribution in [-0.4, -0.2) is 11.9 Å². The summed E-state index contributed by atoms with van der Waals surface area (Å²) in [5.41, 5.74) is 4.99. The number of carbonyl (C=O) groups is 2. The normalized spacial score (nSPS) is 10.7. The molecule has 0 saturated carbocycles. The van der Waals surface area contributed by atoms with Crippen LogP contribution in [0.5, 0.6) is 11.5 Å². The van der Waals surface area contributed by atoms with Crippen LogP contribution >= 0.6 is 0 Å². The molecule has 0 spiro atoms. The second-order valence-corrected chi connectivity index (χ2v) is 9.28. The standard InChI is InChI=1S/C36H24O4/c37-35(30-21-17-27(18-22-30)25-9-3-1-4-10-25)39-32-15-7-13-29-14-8-16-33(34(29)32)40-36(38)31-23-19-28(20-24-31)26-11-5-2-6-12-26/h1-24H. The lowest BCUT2D eigenvalue weighted by Crippen LogP contribution is -2.11. The van der Waals surface area contributed by atoms with Gasteiger partial charge in [0.2, 0.25) is 0 Å². The third kappa shape index (κ3) is 5.24. The number of ether oxygens (including phenoxy) is 2. The monoisotopic (exact) mass is 520 g/mol. The van der Waals surface area contributed by atoms with Crippen LogP contribution in [0.25, 0.3) is 33.0 Å². The highest BCUT2D eigenvalue weighted by atomic mass is 16.5. The molecule has 0 amide bonds. The molecule has 0 radical (unpaired) electrons. The van der Waals surface area contributed by atoms with Crippen LogP contribution in [0.4, 0.5) is 0 Å². The van der Waals surface area contributed by atoms with Crippen molar-refractivity contribution in [1.82, 2.24) is 0 Å². The summed E-state index contributed by atoms with van der Waals surface area (Å²) < 4.78 is 11.6. The first kappa shape index (κ1) is 24.8. The van der Waals surface area contributed by atoms with Crippen molar-refractivity contribution < 1.29 is 19.1 Å². The fourth-order valence-electron chi connectivity index (χ4n) is 4.62. The molecule has 192 valence electrons. The average Bonchev–Trinajstić information content (AvgIpc) is 3.02. The zero-order chi connectivity index (χ0) is 27.3. The zero-order valence-electron chi connectivity index (χ0n) is 21.5. The minimum atomic E-state index is -0.496. The van der Waals surface area contributed by atoms with E-state index < -0.39 is 11.9 Å². The van der Waals surface area contributed by atoms with E-state index >= 15 is 0 Å². The Bertz CT molecular complexity index is 1660. The summed E-state index contributed by atoms with van der Waals surface area (Å²) in [7, 11) is 0. The minimum absolute atomic E-state index is 0.317. The maximum Gasteiger partial charge on any atom is 0.343 e. The van der Waals surface area contributed by atoms with Crippen molar-refractivity contribution in [3.8, 4) is 33.8 Å². The van der Waals surface area contributed by atoms with Gasteiger partial charge in [-0.05, 0) is 64.0 Å². The molecule has 4 heteroatoms. The Kier molecular flexibility index (Phi) is 6.89. The number of rotatable bonds is 6. The van der Waals surface area contributed by atoms with E-state index in [4.69, 9.17) is 9.47 Å². The zero-order valence-corrected chi connectivity index (χ0v) is 21.5. The lowest BCUT2D eigenvalue weighted by molar-refractivity contribution is 0.0736. The van der Waals surface area contributed by atoms with E-state index in [1.165, 1.54) is 0 Å². The molecule has 0 unspecified atom stereocenters. The first-order valence-electron chi connectivity index (χ1n) is 12.9. The summed E-state index contributed by atoms with van der Waals surface area (Å²) in [5.74, 6) is -0.357. The maximum absolute atomic E-state index is 13.1. The molecule has 0 aliphatic rings. The van der Waals surface area contributed by atoms with Crippen LogP contribution < -0.4 is 9.47 Å². The van der Waals surface area contributed by atoms with Crippen molar-refractivity contribution in [2.75, 3.05) is 0 Å². The first-order valence-corrected chi connectivity index (χ1v) is 12.9. The number of fused-ring (bicyclic) bond motifs is 1. The molecule has 6 aromatic rings. The minimum Gasteiger partial charge on any atom is -0.422 e. The third-order valence-electron chi connectivity index (χ3n) is 6.69. The van der Waals surface area contributed by atoms with Crippen LogP contribution in [0.3, 0.4) is 0 Å². The molecule has 0 heterocycles. The Morgan fingerprint density at radius 2 is 0.750 bits per heavy atom. The third-order valence-corrected chi connectivity index (χ3v) is 6.69. The van der Waals surface area contributed by atoms with Gasteiger partial charge >= 0.3 is 11.9 Å². The second kappa shape index (κ2) is 11.1. The van der Waals surface area contributed by atoms with Gasteiger partial charge in [-0.15, -0.1) is 0 Å². The number of carbonyl (C=O) groups excluding carboxylic acids is 2. The van der Waals surface area contributed by atoms with Crippen molar-refractivity contribution >= 4 is 22.7 Å².